The molecule has 2 aromatic rings. The van der Waals surface area contributed by atoms with E-state index in [4.69, 9.17) is 5.73 Å². The Labute approximate surface area is 81.6 Å². The molecule has 1 atom stereocenters. The molecule has 0 bridgehead atoms. The summed E-state index contributed by atoms with van der Waals surface area (Å²) in [5.41, 5.74) is 6.58. The second-order valence-corrected chi connectivity index (χ2v) is 3.38. The molecule has 0 aliphatic rings. The third-order valence-electron chi connectivity index (χ3n) is 2.24. The van der Waals surface area contributed by atoms with Crippen molar-refractivity contribution in [3.05, 3.63) is 42.0 Å². The molecule has 1 aromatic heterocycles. The van der Waals surface area contributed by atoms with Gasteiger partial charge in [0.05, 0.1) is 0 Å². The Kier molecular flexibility index (Phi) is 2.17. The lowest BCUT2D eigenvalue weighted by atomic mass is 10.0. The highest BCUT2D eigenvalue weighted by Crippen LogP contribution is 2.23. The zero-order chi connectivity index (χ0) is 10.1. The molecule has 72 valence electrons. The van der Waals surface area contributed by atoms with Crippen LogP contribution in [0, 0.1) is 5.82 Å². The lowest BCUT2D eigenvalue weighted by Gasteiger charge is -2.09. The number of nitrogens with two attached hydrogens (primary N) is 1. The highest BCUT2D eigenvalue weighted by molar-refractivity contribution is 5.85. The van der Waals surface area contributed by atoms with E-state index in [1.165, 1.54) is 12.1 Å². The number of aromatic nitrogens is 1. The Morgan fingerprint density at radius 1 is 1.43 bits per heavy atom. The van der Waals surface area contributed by atoms with Crippen LogP contribution in [-0.4, -0.2) is 4.98 Å². The molecule has 0 fully saturated rings. The second kappa shape index (κ2) is 3.35. The number of hydrogen-bond acceptors (Lipinski definition) is 2. The van der Waals surface area contributed by atoms with Gasteiger partial charge in [0.15, 0.2) is 0 Å². The van der Waals surface area contributed by atoms with Crippen LogP contribution in [0.1, 0.15) is 18.5 Å². The summed E-state index contributed by atoms with van der Waals surface area (Å²) in [6, 6.07) is 4.63. The molecule has 0 saturated carbocycles. The van der Waals surface area contributed by atoms with Gasteiger partial charge in [-0.15, -0.1) is 0 Å². The van der Waals surface area contributed by atoms with Gasteiger partial charge >= 0.3 is 0 Å². The molecule has 2 rings (SSSR count). The molecule has 0 amide bonds. The maximum atomic E-state index is 13.2. The quantitative estimate of drug-likeness (QED) is 0.749. The summed E-state index contributed by atoms with van der Waals surface area (Å²) in [6.45, 7) is 1.84. The van der Waals surface area contributed by atoms with Gasteiger partial charge in [0.25, 0.3) is 0 Å². The summed E-state index contributed by atoms with van der Waals surface area (Å²) in [7, 11) is 0. The molecule has 2 nitrogen and oxygen atoms in total. The predicted molar refractivity (Wildman–Crippen MR) is 54.3 cm³/mol. The molecule has 2 N–H and O–H groups in total. The highest BCUT2D eigenvalue weighted by atomic mass is 19.1. The monoisotopic (exact) mass is 190 g/mol. The Balaban J connectivity index is 2.80. The number of hydrogen-bond donors (Lipinski definition) is 1. The Bertz CT molecular complexity index is 466. The van der Waals surface area contributed by atoms with E-state index >= 15 is 0 Å². The van der Waals surface area contributed by atoms with Gasteiger partial charge in [0, 0.05) is 23.8 Å². The first-order valence-corrected chi connectivity index (χ1v) is 4.47. The van der Waals surface area contributed by atoms with E-state index in [0.29, 0.717) is 0 Å². The molecule has 0 spiro atoms. The van der Waals surface area contributed by atoms with Gasteiger partial charge in [-0.3, -0.25) is 4.98 Å². The van der Waals surface area contributed by atoms with Gasteiger partial charge in [-0.25, -0.2) is 4.39 Å². The van der Waals surface area contributed by atoms with Crippen molar-refractivity contribution >= 4 is 10.8 Å². The maximum Gasteiger partial charge on any atom is 0.124 e. The average molecular weight is 190 g/mol. The van der Waals surface area contributed by atoms with E-state index in [-0.39, 0.29) is 11.9 Å². The molecule has 3 heteroatoms. The Morgan fingerprint density at radius 3 is 2.93 bits per heavy atom. The van der Waals surface area contributed by atoms with Gasteiger partial charge in [-0.2, -0.15) is 0 Å². The topological polar surface area (TPSA) is 38.9 Å². The van der Waals surface area contributed by atoms with Crippen LogP contribution in [0.4, 0.5) is 4.39 Å². The van der Waals surface area contributed by atoms with E-state index in [0.717, 1.165) is 16.3 Å². The minimum absolute atomic E-state index is 0.171. The van der Waals surface area contributed by atoms with Gasteiger partial charge in [-0.1, -0.05) is 0 Å². The molecule has 0 aliphatic carbocycles. The lowest BCUT2D eigenvalue weighted by molar-refractivity contribution is 0.625. The van der Waals surface area contributed by atoms with E-state index < -0.39 is 0 Å². The summed E-state index contributed by atoms with van der Waals surface area (Å²) in [4.78, 5) is 3.95. The molecular formula is C11H11FN2. The number of rotatable bonds is 1. The largest absolute Gasteiger partial charge is 0.324 e. The summed E-state index contributed by atoms with van der Waals surface area (Å²) in [6.07, 6.45) is 3.33. The summed E-state index contributed by atoms with van der Waals surface area (Å²) in [5, 5.41) is 1.76. The number of pyridine rings is 1. The van der Waals surface area contributed by atoms with Crippen molar-refractivity contribution in [3.8, 4) is 0 Å². The van der Waals surface area contributed by atoms with Crippen molar-refractivity contribution in [2.24, 2.45) is 5.73 Å². The average Bonchev–Trinajstić information content (AvgIpc) is 2.16. The van der Waals surface area contributed by atoms with Crippen LogP contribution in [0.5, 0.6) is 0 Å². The first-order valence-electron chi connectivity index (χ1n) is 4.47. The third-order valence-corrected chi connectivity index (χ3v) is 2.24. The molecule has 1 aromatic carbocycles. The number of halogens is 1. The second-order valence-electron chi connectivity index (χ2n) is 3.38. The lowest BCUT2D eigenvalue weighted by Crippen LogP contribution is -2.06. The van der Waals surface area contributed by atoms with E-state index in [1.807, 2.05) is 13.0 Å². The van der Waals surface area contributed by atoms with Crippen LogP contribution < -0.4 is 5.73 Å². The van der Waals surface area contributed by atoms with Crippen LogP contribution in [0.25, 0.3) is 10.8 Å². The molecule has 0 radical (unpaired) electrons. The van der Waals surface area contributed by atoms with Crippen molar-refractivity contribution < 1.29 is 4.39 Å². The van der Waals surface area contributed by atoms with E-state index in [9.17, 15) is 4.39 Å². The van der Waals surface area contributed by atoms with Crippen LogP contribution in [-0.2, 0) is 0 Å². The Morgan fingerprint density at radius 2 is 2.21 bits per heavy atom. The van der Waals surface area contributed by atoms with Crippen LogP contribution in [0.2, 0.25) is 0 Å². The first-order chi connectivity index (χ1) is 6.68. The minimum Gasteiger partial charge on any atom is -0.324 e. The van der Waals surface area contributed by atoms with Crippen molar-refractivity contribution in [2.45, 2.75) is 13.0 Å². The molecule has 0 aliphatic heterocycles. The number of benzene rings is 1. The molecule has 14 heavy (non-hydrogen) atoms. The fraction of sp³-hybridized carbons (Fsp3) is 0.182. The predicted octanol–water partition coefficient (Wildman–Crippen LogP) is 2.39. The van der Waals surface area contributed by atoms with Gasteiger partial charge in [-0.05, 0) is 36.1 Å². The number of nitrogens with zero attached hydrogens (tertiary/aromatic N) is 1. The van der Waals surface area contributed by atoms with Crippen molar-refractivity contribution in [2.75, 3.05) is 0 Å². The summed E-state index contributed by atoms with van der Waals surface area (Å²) < 4.78 is 13.2. The van der Waals surface area contributed by atoms with Gasteiger partial charge in [0.2, 0.25) is 0 Å². The Hall–Kier alpha value is -1.48. The number of fused-ring (bicyclic) bond motifs is 1. The highest BCUT2D eigenvalue weighted by Gasteiger charge is 2.07. The molecule has 0 saturated heterocycles. The summed E-state index contributed by atoms with van der Waals surface area (Å²) >= 11 is 0. The summed E-state index contributed by atoms with van der Waals surface area (Å²) in [5.74, 6) is -0.266. The smallest absolute Gasteiger partial charge is 0.124 e. The maximum absolute atomic E-state index is 13.2. The zero-order valence-electron chi connectivity index (χ0n) is 7.87. The van der Waals surface area contributed by atoms with Crippen LogP contribution >= 0.6 is 0 Å². The van der Waals surface area contributed by atoms with Gasteiger partial charge in [0.1, 0.15) is 5.82 Å². The SMILES string of the molecule is CC(N)c1cc(F)cc2cnccc12. The third kappa shape index (κ3) is 1.46. The van der Waals surface area contributed by atoms with Crippen LogP contribution in [0.15, 0.2) is 30.6 Å². The van der Waals surface area contributed by atoms with E-state index in [2.05, 4.69) is 4.98 Å². The van der Waals surface area contributed by atoms with Crippen molar-refractivity contribution in [3.63, 3.8) is 0 Å². The normalized spacial score (nSPS) is 13.1. The fourth-order valence-electron chi connectivity index (χ4n) is 1.58. The van der Waals surface area contributed by atoms with E-state index in [1.54, 1.807) is 12.4 Å². The molecule has 1 unspecified atom stereocenters. The van der Waals surface area contributed by atoms with Crippen molar-refractivity contribution in [1.29, 1.82) is 0 Å². The molecular weight excluding hydrogens is 179 g/mol. The standard InChI is InChI=1S/C11H11FN2/c1-7(13)11-5-9(12)4-8-6-14-3-2-10(8)11/h2-7H,13H2,1H3. The minimum atomic E-state index is -0.266. The van der Waals surface area contributed by atoms with Crippen LogP contribution in [0.3, 0.4) is 0 Å². The molecule has 1 heterocycles. The fourth-order valence-corrected chi connectivity index (χ4v) is 1.58. The zero-order valence-corrected chi connectivity index (χ0v) is 7.87. The first kappa shape index (κ1) is 9.09. The van der Waals surface area contributed by atoms with Gasteiger partial charge < -0.3 is 5.73 Å². The van der Waals surface area contributed by atoms with Crippen molar-refractivity contribution in [1.82, 2.24) is 4.98 Å².